The van der Waals surface area contributed by atoms with Crippen LogP contribution in [0.5, 0.6) is 5.19 Å². The van der Waals surface area contributed by atoms with Crippen LogP contribution in [-0.4, -0.2) is 16.8 Å². The Morgan fingerprint density at radius 2 is 2.50 bits per heavy atom. The number of nitrogens with two attached hydrogens (primary N) is 1. The van der Waals surface area contributed by atoms with Gasteiger partial charge in [-0.05, 0) is 0 Å². The minimum absolute atomic E-state index is 0.0779. The number of hydrogen-bond donors (Lipinski definition) is 2. The van der Waals surface area contributed by atoms with Crippen molar-refractivity contribution in [1.82, 2.24) is 4.98 Å². The van der Waals surface area contributed by atoms with Crippen LogP contribution in [0, 0.1) is 5.41 Å². The van der Waals surface area contributed by atoms with Gasteiger partial charge < -0.3 is 10.5 Å². The van der Waals surface area contributed by atoms with Gasteiger partial charge in [-0.25, -0.2) is 4.98 Å². The first-order valence-electron chi connectivity index (χ1n) is 3.08. The van der Waals surface area contributed by atoms with Gasteiger partial charge in [0, 0.05) is 6.92 Å². The van der Waals surface area contributed by atoms with E-state index in [1.54, 1.807) is 0 Å². The third-order valence-electron chi connectivity index (χ3n) is 0.981. The van der Waals surface area contributed by atoms with Crippen molar-refractivity contribution in [3.05, 3.63) is 11.1 Å². The standard InChI is InChI=1S/C6H7N3O2S/c1-3(10)11-6-9-2-4(12-6)5(7)8/h2H,1H3,(H3,7,8). The first-order valence-corrected chi connectivity index (χ1v) is 3.90. The van der Waals surface area contributed by atoms with Crippen molar-refractivity contribution >= 4 is 23.1 Å². The Labute approximate surface area is 72.7 Å². The number of carbonyl (C=O) groups excluding carboxylic acids is 1. The lowest BCUT2D eigenvalue weighted by Gasteiger charge is -1.91. The molecule has 0 saturated heterocycles. The quantitative estimate of drug-likeness (QED) is 0.395. The van der Waals surface area contributed by atoms with E-state index in [4.69, 9.17) is 11.1 Å². The van der Waals surface area contributed by atoms with E-state index < -0.39 is 5.97 Å². The third kappa shape index (κ3) is 2.03. The number of esters is 1. The van der Waals surface area contributed by atoms with Crippen molar-refractivity contribution in [3.8, 4) is 5.19 Å². The number of carbonyl (C=O) groups is 1. The van der Waals surface area contributed by atoms with Gasteiger partial charge in [-0.15, -0.1) is 0 Å². The number of hydrogen-bond acceptors (Lipinski definition) is 5. The zero-order valence-corrected chi connectivity index (χ0v) is 7.14. The number of thiazole rings is 1. The van der Waals surface area contributed by atoms with E-state index in [1.165, 1.54) is 13.1 Å². The minimum atomic E-state index is -0.431. The van der Waals surface area contributed by atoms with Gasteiger partial charge in [-0.3, -0.25) is 10.2 Å². The molecule has 6 heteroatoms. The summed E-state index contributed by atoms with van der Waals surface area (Å²) in [6, 6.07) is 0. The fourth-order valence-electron chi connectivity index (χ4n) is 0.553. The Bertz CT molecular complexity index is 320. The maximum atomic E-state index is 10.5. The van der Waals surface area contributed by atoms with Crippen molar-refractivity contribution in [3.63, 3.8) is 0 Å². The Hall–Kier alpha value is -1.43. The van der Waals surface area contributed by atoms with Crippen LogP contribution in [0.2, 0.25) is 0 Å². The first-order chi connectivity index (χ1) is 5.59. The van der Waals surface area contributed by atoms with Crippen LogP contribution in [0.15, 0.2) is 6.20 Å². The van der Waals surface area contributed by atoms with E-state index in [9.17, 15) is 4.79 Å². The molecule has 12 heavy (non-hydrogen) atoms. The van der Waals surface area contributed by atoms with Gasteiger partial charge in [0.15, 0.2) is 0 Å². The molecule has 64 valence electrons. The van der Waals surface area contributed by atoms with Crippen LogP contribution in [-0.2, 0) is 4.79 Å². The van der Waals surface area contributed by atoms with Crippen LogP contribution in [0.3, 0.4) is 0 Å². The predicted molar refractivity (Wildman–Crippen MR) is 44.4 cm³/mol. The topological polar surface area (TPSA) is 89.1 Å². The number of nitrogens with one attached hydrogen (secondary N) is 1. The van der Waals surface area contributed by atoms with Crippen LogP contribution in [0.25, 0.3) is 0 Å². The monoisotopic (exact) mass is 185 g/mol. The Balaban J connectivity index is 2.77. The van der Waals surface area contributed by atoms with E-state index in [-0.39, 0.29) is 11.0 Å². The highest BCUT2D eigenvalue weighted by Gasteiger charge is 2.06. The molecule has 1 aromatic rings. The molecule has 0 spiro atoms. The van der Waals surface area contributed by atoms with Gasteiger partial charge >= 0.3 is 5.97 Å². The lowest BCUT2D eigenvalue weighted by molar-refractivity contribution is -0.131. The third-order valence-corrected chi connectivity index (χ3v) is 1.89. The zero-order chi connectivity index (χ0) is 9.14. The SMILES string of the molecule is CC(=O)Oc1ncc(C(=N)N)s1. The van der Waals surface area contributed by atoms with Crippen LogP contribution < -0.4 is 10.5 Å². The zero-order valence-electron chi connectivity index (χ0n) is 6.33. The Morgan fingerprint density at radius 3 is 2.92 bits per heavy atom. The normalized spacial score (nSPS) is 9.42. The molecule has 0 amide bonds. The average Bonchev–Trinajstić information content (AvgIpc) is 2.34. The highest BCUT2D eigenvalue weighted by Crippen LogP contribution is 2.19. The van der Waals surface area contributed by atoms with Gasteiger partial charge in [0.25, 0.3) is 5.19 Å². The lowest BCUT2D eigenvalue weighted by Crippen LogP contribution is -2.08. The van der Waals surface area contributed by atoms with E-state index >= 15 is 0 Å². The van der Waals surface area contributed by atoms with Gasteiger partial charge in [-0.1, -0.05) is 11.3 Å². The van der Waals surface area contributed by atoms with E-state index in [0.29, 0.717) is 4.88 Å². The smallest absolute Gasteiger partial charge is 0.309 e. The molecule has 1 rings (SSSR count). The first kappa shape index (κ1) is 8.66. The summed E-state index contributed by atoms with van der Waals surface area (Å²) in [6.07, 6.45) is 1.39. The van der Waals surface area contributed by atoms with Gasteiger partial charge in [0.1, 0.15) is 5.84 Å². The summed E-state index contributed by atoms with van der Waals surface area (Å²) in [5.41, 5.74) is 5.17. The molecule has 0 aliphatic heterocycles. The largest absolute Gasteiger partial charge is 0.398 e. The summed E-state index contributed by atoms with van der Waals surface area (Å²) >= 11 is 1.07. The molecular weight excluding hydrogens is 178 g/mol. The average molecular weight is 185 g/mol. The second kappa shape index (κ2) is 3.31. The summed E-state index contributed by atoms with van der Waals surface area (Å²) in [5, 5.41) is 7.25. The molecule has 0 aromatic carbocycles. The van der Waals surface area contributed by atoms with Gasteiger partial charge in [-0.2, -0.15) is 0 Å². The maximum absolute atomic E-state index is 10.5. The highest BCUT2D eigenvalue weighted by atomic mass is 32.1. The number of nitrogen functional groups attached to an aromatic ring is 1. The highest BCUT2D eigenvalue weighted by molar-refractivity contribution is 7.15. The van der Waals surface area contributed by atoms with Crippen molar-refractivity contribution < 1.29 is 9.53 Å². The molecule has 0 fully saturated rings. The summed E-state index contributed by atoms with van der Waals surface area (Å²) in [7, 11) is 0. The second-order valence-electron chi connectivity index (χ2n) is 2.00. The molecule has 1 aromatic heterocycles. The van der Waals surface area contributed by atoms with Crippen molar-refractivity contribution in [2.45, 2.75) is 6.92 Å². The van der Waals surface area contributed by atoms with Crippen molar-refractivity contribution in [1.29, 1.82) is 5.41 Å². The lowest BCUT2D eigenvalue weighted by atomic mass is 10.5. The van der Waals surface area contributed by atoms with Gasteiger partial charge in [0.05, 0.1) is 11.1 Å². The fraction of sp³-hybridized carbons (Fsp3) is 0.167. The van der Waals surface area contributed by atoms with E-state index in [0.717, 1.165) is 11.3 Å². The predicted octanol–water partition coefficient (Wildman–Crippen LogP) is 0.352. The van der Waals surface area contributed by atoms with Crippen LogP contribution >= 0.6 is 11.3 Å². The van der Waals surface area contributed by atoms with Crippen molar-refractivity contribution in [2.75, 3.05) is 0 Å². The van der Waals surface area contributed by atoms with Crippen molar-refractivity contribution in [2.24, 2.45) is 5.73 Å². The summed E-state index contributed by atoms with van der Waals surface area (Å²) in [6.45, 7) is 1.29. The molecule has 0 saturated carbocycles. The maximum Gasteiger partial charge on any atom is 0.309 e. The molecule has 0 unspecified atom stereocenters. The number of amidine groups is 1. The van der Waals surface area contributed by atoms with Crippen LogP contribution in [0.4, 0.5) is 0 Å². The molecule has 3 N–H and O–H groups in total. The van der Waals surface area contributed by atoms with Crippen LogP contribution in [0.1, 0.15) is 11.8 Å². The molecule has 0 atom stereocenters. The molecule has 0 aliphatic rings. The number of ether oxygens (including phenoxy) is 1. The number of aromatic nitrogens is 1. The fourth-order valence-corrected chi connectivity index (χ4v) is 1.22. The summed E-state index contributed by atoms with van der Waals surface area (Å²) < 4.78 is 4.66. The molecule has 0 bridgehead atoms. The molecule has 0 aliphatic carbocycles. The molecular formula is C6H7N3O2S. The summed E-state index contributed by atoms with van der Waals surface area (Å²) in [4.78, 5) is 14.7. The second-order valence-corrected chi connectivity index (χ2v) is 2.99. The van der Waals surface area contributed by atoms with Gasteiger partial charge in [0.2, 0.25) is 0 Å². The Kier molecular flexibility index (Phi) is 2.39. The van der Waals surface area contributed by atoms with E-state index in [2.05, 4.69) is 9.72 Å². The summed E-state index contributed by atoms with van der Waals surface area (Å²) in [5.74, 6) is -0.509. The number of rotatable bonds is 2. The molecule has 1 heterocycles. The molecule has 5 nitrogen and oxygen atoms in total. The molecule has 0 radical (unpaired) electrons. The number of nitrogens with zero attached hydrogens (tertiary/aromatic N) is 1. The van der Waals surface area contributed by atoms with E-state index in [1.807, 2.05) is 0 Å². The minimum Gasteiger partial charge on any atom is -0.398 e. The Morgan fingerprint density at radius 1 is 1.83 bits per heavy atom.